The molecular formula is C23H25BrFNO3. The van der Waals surface area contributed by atoms with E-state index in [2.05, 4.69) is 26.9 Å². The van der Waals surface area contributed by atoms with Gasteiger partial charge in [0.15, 0.2) is 5.78 Å². The molecule has 0 unspecified atom stereocenters. The summed E-state index contributed by atoms with van der Waals surface area (Å²) in [4.78, 5) is 14.8. The van der Waals surface area contributed by atoms with Gasteiger partial charge in [0.1, 0.15) is 17.3 Å². The predicted octanol–water partition coefficient (Wildman–Crippen LogP) is 5.06. The number of hydrogen-bond donors (Lipinski definition) is 0. The van der Waals surface area contributed by atoms with Gasteiger partial charge in [0.05, 0.1) is 18.2 Å². The maximum absolute atomic E-state index is 13.0. The zero-order chi connectivity index (χ0) is 20.4. The molecule has 1 saturated heterocycles. The predicted molar refractivity (Wildman–Crippen MR) is 113 cm³/mol. The lowest BCUT2D eigenvalue weighted by molar-refractivity contribution is 0.0913. The molecule has 0 amide bonds. The standard InChI is InChI=1S/C23H25BrFNO3/c1-28-18-11-19-20-13-26(10-8-16(20)14-29-23(19)21(24)12-18)9-2-3-22(27)15-4-6-17(25)7-5-15/h4-7,11-12,16,20H,2-3,8-10,13-14H2,1H3/t16-,20-/m0/s1. The van der Waals surface area contributed by atoms with Crippen LogP contribution in [0.5, 0.6) is 11.5 Å². The number of benzene rings is 2. The molecule has 0 N–H and O–H groups in total. The number of methoxy groups -OCH3 is 1. The SMILES string of the molecule is COc1cc(Br)c2c(c1)[C@H]1CN(CCCC(=O)c3ccc(F)cc3)CC[C@H]1CO2. The van der Waals surface area contributed by atoms with Gasteiger partial charge in [-0.25, -0.2) is 4.39 Å². The van der Waals surface area contributed by atoms with Gasteiger partial charge < -0.3 is 14.4 Å². The molecule has 1 fully saturated rings. The van der Waals surface area contributed by atoms with Crippen LogP contribution in [0.2, 0.25) is 0 Å². The zero-order valence-corrected chi connectivity index (χ0v) is 18.1. The van der Waals surface area contributed by atoms with Gasteiger partial charge >= 0.3 is 0 Å². The van der Waals surface area contributed by atoms with E-state index in [1.165, 1.54) is 17.7 Å². The molecule has 4 nitrogen and oxygen atoms in total. The molecule has 154 valence electrons. The van der Waals surface area contributed by atoms with Crippen molar-refractivity contribution in [1.29, 1.82) is 0 Å². The summed E-state index contributed by atoms with van der Waals surface area (Å²) in [6.07, 6.45) is 2.37. The van der Waals surface area contributed by atoms with E-state index in [0.29, 0.717) is 23.8 Å². The molecule has 6 heteroatoms. The number of piperidine rings is 1. The summed E-state index contributed by atoms with van der Waals surface area (Å²) in [5.41, 5.74) is 1.79. The number of likely N-dealkylation sites (tertiary alicyclic amines) is 1. The fourth-order valence-corrected chi connectivity index (χ4v) is 4.96. The summed E-state index contributed by atoms with van der Waals surface area (Å²) in [6, 6.07) is 9.85. The van der Waals surface area contributed by atoms with Gasteiger partial charge in [0, 0.05) is 35.9 Å². The molecular weight excluding hydrogens is 437 g/mol. The van der Waals surface area contributed by atoms with Gasteiger partial charge in [-0.3, -0.25) is 4.79 Å². The normalized spacial score (nSPS) is 21.1. The highest BCUT2D eigenvalue weighted by atomic mass is 79.9. The summed E-state index contributed by atoms with van der Waals surface area (Å²) in [5, 5.41) is 0. The van der Waals surface area contributed by atoms with Gasteiger partial charge in [0.2, 0.25) is 0 Å². The van der Waals surface area contributed by atoms with Crippen molar-refractivity contribution in [3.8, 4) is 11.5 Å². The summed E-state index contributed by atoms with van der Waals surface area (Å²) in [6.45, 7) is 3.62. The fourth-order valence-electron chi connectivity index (χ4n) is 4.39. The van der Waals surface area contributed by atoms with E-state index in [0.717, 1.165) is 55.1 Å². The van der Waals surface area contributed by atoms with Crippen LogP contribution in [0.3, 0.4) is 0 Å². The average molecular weight is 462 g/mol. The van der Waals surface area contributed by atoms with Crippen LogP contribution in [-0.4, -0.2) is 44.0 Å². The second-order valence-corrected chi connectivity index (χ2v) is 8.68. The van der Waals surface area contributed by atoms with Crippen LogP contribution in [0.1, 0.15) is 41.1 Å². The molecule has 0 aromatic heterocycles. The lowest BCUT2D eigenvalue weighted by Crippen LogP contribution is -2.43. The minimum atomic E-state index is -0.315. The van der Waals surface area contributed by atoms with Crippen molar-refractivity contribution in [2.45, 2.75) is 25.2 Å². The van der Waals surface area contributed by atoms with Gasteiger partial charge in [-0.1, -0.05) is 0 Å². The zero-order valence-electron chi connectivity index (χ0n) is 16.5. The number of fused-ring (bicyclic) bond motifs is 3. The Kier molecular flexibility index (Phi) is 6.20. The fraction of sp³-hybridized carbons (Fsp3) is 0.435. The van der Waals surface area contributed by atoms with Crippen LogP contribution in [0, 0.1) is 11.7 Å². The summed E-state index contributed by atoms with van der Waals surface area (Å²) in [5.74, 6) is 2.45. The van der Waals surface area contributed by atoms with E-state index < -0.39 is 0 Å². The second-order valence-electron chi connectivity index (χ2n) is 7.83. The van der Waals surface area contributed by atoms with Crippen LogP contribution < -0.4 is 9.47 Å². The number of nitrogens with zero attached hydrogens (tertiary/aromatic N) is 1. The van der Waals surface area contributed by atoms with Crippen LogP contribution >= 0.6 is 15.9 Å². The minimum absolute atomic E-state index is 0.0740. The summed E-state index contributed by atoms with van der Waals surface area (Å²) < 4.78 is 25.4. The van der Waals surface area contributed by atoms with Crippen molar-refractivity contribution in [1.82, 2.24) is 4.90 Å². The minimum Gasteiger partial charge on any atom is -0.497 e. The molecule has 0 saturated carbocycles. The number of carbonyl (C=O) groups excluding carboxylic acids is 1. The average Bonchev–Trinajstić information content (AvgIpc) is 2.73. The first kappa shape index (κ1) is 20.4. The van der Waals surface area contributed by atoms with Crippen molar-refractivity contribution < 1.29 is 18.7 Å². The number of ketones is 1. The molecule has 0 aliphatic carbocycles. The second kappa shape index (κ2) is 8.84. The Labute approximate surface area is 179 Å². The van der Waals surface area contributed by atoms with E-state index in [-0.39, 0.29) is 11.6 Å². The molecule has 2 heterocycles. The quantitative estimate of drug-likeness (QED) is 0.563. The third kappa shape index (κ3) is 4.48. The van der Waals surface area contributed by atoms with Crippen LogP contribution in [0.4, 0.5) is 4.39 Å². The monoisotopic (exact) mass is 461 g/mol. The van der Waals surface area contributed by atoms with Gasteiger partial charge in [-0.15, -0.1) is 0 Å². The van der Waals surface area contributed by atoms with Gasteiger partial charge in [0.25, 0.3) is 0 Å². The molecule has 0 spiro atoms. The van der Waals surface area contributed by atoms with E-state index >= 15 is 0 Å². The molecule has 29 heavy (non-hydrogen) atoms. The molecule has 0 bridgehead atoms. The largest absolute Gasteiger partial charge is 0.497 e. The van der Waals surface area contributed by atoms with Gasteiger partial charge in [-0.2, -0.15) is 0 Å². The van der Waals surface area contributed by atoms with Crippen molar-refractivity contribution >= 4 is 21.7 Å². The molecule has 2 aliphatic rings. The van der Waals surface area contributed by atoms with Crippen molar-refractivity contribution in [3.05, 3.63) is 57.8 Å². The lowest BCUT2D eigenvalue weighted by atomic mass is 9.79. The molecule has 2 aromatic carbocycles. The Hall–Kier alpha value is -1.92. The molecule has 2 aliphatic heterocycles. The number of halogens is 2. The van der Waals surface area contributed by atoms with E-state index in [1.54, 1.807) is 19.2 Å². The third-order valence-corrected chi connectivity index (χ3v) is 6.60. The molecule has 0 radical (unpaired) electrons. The van der Waals surface area contributed by atoms with Crippen LogP contribution in [0.25, 0.3) is 0 Å². The highest BCUT2D eigenvalue weighted by Crippen LogP contribution is 2.46. The highest BCUT2D eigenvalue weighted by molar-refractivity contribution is 9.10. The number of hydrogen-bond acceptors (Lipinski definition) is 4. The molecule has 2 atom stereocenters. The molecule has 2 aromatic rings. The van der Waals surface area contributed by atoms with Crippen LogP contribution in [-0.2, 0) is 0 Å². The Bertz CT molecular complexity index is 886. The van der Waals surface area contributed by atoms with Crippen LogP contribution in [0.15, 0.2) is 40.9 Å². The van der Waals surface area contributed by atoms with Crippen molar-refractivity contribution in [3.63, 3.8) is 0 Å². The Morgan fingerprint density at radius 2 is 2.10 bits per heavy atom. The number of ether oxygens (including phenoxy) is 2. The topological polar surface area (TPSA) is 38.8 Å². The lowest BCUT2D eigenvalue weighted by Gasteiger charge is -2.42. The van der Waals surface area contributed by atoms with E-state index in [4.69, 9.17) is 9.47 Å². The summed E-state index contributed by atoms with van der Waals surface area (Å²) >= 11 is 3.61. The Morgan fingerprint density at radius 1 is 1.31 bits per heavy atom. The van der Waals surface area contributed by atoms with E-state index in [1.807, 2.05) is 6.07 Å². The third-order valence-electron chi connectivity index (χ3n) is 6.01. The highest BCUT2D eigenvalue weighted by Gasteiger charge is 2.36. The smallest absolute Gasteiger partial charge is 0.162 e. The maximum Gasteiger partial charge on any atom is 0.162 e. The van der Waals surface area contributed by atoms with Gasteiger partial charge in [-0.05, 0) is 78.3 Å². The Balaban J connectivity index is 1.37. The van der Waals surface area contributed by atoms with Crippen molar-refractivity contribution in [2.75, 3.05) is 33.4 Å². The maximum atomic E-state index is 13.0. The summed E-state index contributed by atoms with van der Waals surface area (Å²) in [7, 11) is 1.68. The Morgan fingerprint density at radius 3 is 2.86 bits per heavy atom. The number of rotatable bonds is 6. The first-order valence-electron chi connectivity index (χ1n) is 10.1. The number of Topliss-reactive ketones (excluding diaryl/α,β-unsaturated/α-hetero) is 1. The molecule has 4 rings (SSSR count). The first-order valence-corrected chi connectivity index (χ1v) is 10.9. The first-order chi connectivity index (χ1) is 14.0. The number of carbonyl (C=O) groups is 1. The van der Waals surface area contributed by atoms with E-state index in [9.17, 15) is 9.18 Å². The van der Waals surface area contributed by atoms with Crippen molar-refractivity contribution in [2.24, 2.45) is 5.92 Å².